The van der Waals surface area contributed by atoms with Crippen LogP contribution in [-0.2, 0) is 12.0 Å². The second kappa shape index (κ2) is 6.71. The number of aromatic nitrogens is 2. The molecule has 0 spiro atoms. The van der Waals surface area contributed by atoms with Gasteiger partial charge in [-0.1, -0.05) is 20.8 Å². The Bertz CT molecular complexity index is 456. The first-order valence-corrected chi connectivity index (χ1v) is 8.66. The summed E-state index contributed by atoms with van der Waals surface area (Å²) in [7, 11) is 0. The molecule has 0 N–H and O–H groups in total. The van der Waals surface area contributed by atoms with Crippen LogP contribution < -0.4 is 0 Å². The van der Waals surface area contributed by atoms with Gasteiger partial charge in [-0.2, -0.15) is 5.10 Å². The predicted octanol–water partition coefficient (Wildman–Crippen LogP) is 2.99. The standard InChI is InChI=1S/C18H34N4/c1-17(2,3)16-14-19-22(15-16)9-7-8-20-10-12-21(13-11-20)18(4,5)6/h14-15H,7-13H2,1-6H3. The molecule has 0 amide bonds. The SMILES string of the molecule is CC(C)(C)c1cnn(CCCN2CCN(C(C)(C)C)CC2)c1. The number of hydrogen-bond donors (Lipinski definition) is 0. The fraction of sp³-hybridized carbons (Fsp3) is 0.833. The highest BCUT2D eigenvalue weighted by Crippen LogP contribution is 2.21. The van der Waals surface area contributed by atoms with E-state index in [0.29, 0.717) is 5.54 Å². The van der Waals surface area contributed by atoms with Gasteiger partial charge < -0.3 is 4.90 Å². The lowest BCUT2D eigenvalue weighted by Crippen LogP contribution is -2.53. The average molecular weight is 306 g/mol. The summed E-state index contributed by atoms with van der Waals surface area (Å²) in [4.78, 5) is 5.18. The summed E-state index contributed by atoms with van der Waals surface area (Å²) in [5.74, 6) is 0. The van der Waals surface area contributed by atoms with Gasteiger partial charge in [0, 0.05) is 44.5 Å². The van der Waals surface area contributed by atoms with Crippen LogP contribution >= 0.6 is 0 Å². The number of aryl methyl sites for hydroxylation is 1. The molecule has 0 radical (unpaired) electrons. The van der Waals surface area contributed by atoms with E-state index in [0.717, 1.165) is 6.54 Å². The molecule has 22 heavy (non-hydrogen) atoms. The molecule has 0 atom stereocenters. The molecule has 1 aromatic rings. The minimum atomic E-state index is 0.196. The third-order valence-electron chi connectivity index (χ3n) is 4.68. The molecule has 2 heterocycles. The van der Waals surface area contributed by atoms with Crippen LogP contribution in [0.4, 0.5) is 0 Å². The Morgan fingerprint density at radius 3 is 2.09 bits per heavy atom. The van der Waals surface area contributed by atoms with Crippen LogP contribution in [0.15, 0.2) is 12.4 Å². The van der Waals surface area contributed by atoms with Crippen LogP contribution in [0.3, 0.4) is 0 Å². The molecule has 2 rings (SSSR count). The fourth-order valence-corrected chi connectivity index (χ4v) is 2.97. The van der Waals surface area contributed by atoms with E-state index in [1.165, 1.54) is 44.7 Å². The molecule has 1 fully saturated rings. The zero-order valence-corrected chi connectivity index (χ0v) is 15.4. The molecule has 1 aliphatic heterocycles. The quantitative estimate of drug-likeness (QED) is 0.855. The molecule has 1 aliphatic rings. The monoisotopic (exact) mass is 306 g/mol. The Morgan fingerprint density at radius 1 is 0.955 bits per heavy atom. The van der Waals surface area contributed by atoms with Crippen molar-refractivity contribution in [2.45, 2.75) is 65.5 Å². The van der Waals surface area contributed by atoms with E-state index in [-0.39, 0.29) is 5.41 Å². The van der Waals surface area contributed by atoms with Crippen molar-refractivity contribution in [3.63, 3.8) is 0 Å². The number of rotatable bonds is 4. The van der Waals surface area contributed by atoms with E-state index in [2.05, 4.69) is 67.3 Å². The summed E-state index contributed by atoms with van der Waals surface area (Å²) in [5.41, 5.74) is 1.83. The van der Waals surface area contributed by atoms with E-state index in [9.17, 15) is 0 Å². The van der Waals surface area contributed by atoms with Crippen molar-refractivity contribution in [3.05, 3.63) is 18.0 Å². The lowest BCUT2D eigenvalue weighted by Gasteiger charge is -2.42. The smallest absolute Gasteiger partial charge is 0.0527 e. The van der Waals surface area contributed by atoms with Crippen molar-refractivity contribution in [1.29, 1.82) is 0 Å². The van der Waals surface area contributed by atoms with Crippen molar-refractivity contribution < 1.29 is 0 Å². The normalized spacial score (nSPS) is 18.8. The van der Waals surface area contributed by atoms with Crippen LogP contribution in [0.5, 0.6) is 0 Å². The highest BCUT2D eigenvalue weighted by molar-refractivity contribution is 5.14. The Hall–Kier alpha value is -0.870. The van der Waals surface area contributed by atoms with Crippen LogP contribution in [0, 0.1) is 0 Å². The Kier molecular flexibility index (Phi) is 5.33. The lowest BCUT2D eigenvalue weighted by molar-refractivity contribution is 0.0613. The van der Waals surface area contributed by atoms with E-state index in [1.54, 1.807) is 0 Å². The topological polar surface area (TPSA) is 24.3 Å². The zero-order chi connectivity index (χ0) is 16.4. The van der Waals surface area contributed by atoms with Gasteiger partial charge in [-0.15, -0.1) is 0 Å². The summed E-state index contributed by atoms with van der Waals surface area (Å²) < 4.78 is 2.10. The number of nitrogens with zero attached hydrogens (tertiary/aromatic N) is 4. The maximum absolute atomic E-state index is 4.50. The minimum absolute atomic E-state index is 0.196. The fourth-order valence-electron chi connectivity index (χ4n) is 2.97. The van der Waals surface area contributed by atoms with Crippen LogP contribution in [0.25, 0.3) is 0 Å². The molecule has 4 heteroatoms. The van der Waals surface area contributed by atoms with E-state index >= 15 is 0 Å². The first kappa shape index (κ1) is 17.5. The molecular formula is C18H34N4. The lowest BCUT2D eigenvalue weighted by atomic mass is 9.90. The van der Waals surface area contributed by atoms with E-state index in [4.69, 9.17) is 0 Å². The van der Waals surface area contributed by atoms with Crippen LogP contribution in [0.2, 0.25) is 0 Å². The Morgan fingerprint density at radius 2 is 1.59 bits per heavy atom. The van der Waals surface area contributed by atoms with Gasteiger partial charge in [0.05, 0.1) is 6.20 Å². The first-order chi connectivity index (χ1) is 10.2. The van der Waals surface area contributed by atoms with Gasteiger partial charge in [-0.05, 0) is 44.7 Å². The van der Waals surface area contributed by atoms with Crippen molar-refractivity contribution in [2.24, 2.45) is 0 Å². The van der Waals surface area contributed by atoms with Gasteiger partial charge in [0.25, 0.3) is 0 Å². The maximum Gasteiger partial charge on any atom is 0.0527 e. The molecule has 0 aliphatic carbocycles. The van der Waals surface area contributed by atoms with Crippen LogP contribution in [0.1, 0.15) is 53.5 Å². The minimum Gasteiger partial charge on any atom is -0.301 e. The Labute approximate surface area is 136 Å². The predicted molar refractivity (Wildman–Crippen MR) is 93.3 cm³/mol. The van der Waals surface area contributed by atoms with Crippen molar-refractivity contribution in [3.8, 4) is 0 Å². The van der Waals surface area contributed by atoms with Gasteiger partial charge in [0.2, 0.25) is 0 Å². The average Bonchev–Trinajstić information content (AvgIpc) is 2.87. The van der Waals surface area contributed by atoms with Gasteiger partial charge in [-0.25, -0.2) is 0 Å². The second-order valence-electron chi connectivity index (χ2n) is 8.60. The van der Waals surface area contributed by atoms with Crippen molar-refractivity contribution in [1.82, 2.24) is 19.6 Å². The molecule has 0 unspecified atom stereocenters. The van der Waals surface area contributed by atoms with Crippen molar-refractivity contribution >= 4 is 0 Å². The molecule has 0 bridgehead atoms. The molecular weight excluding hydrogens is 272 g/mol. The first-order valence-electron chi connectivity index (χ1n) is 8.66. The zero-order valence-electron chi connectivity index (χ0n) is 15.4. The molecule has 0 aromatic carbocycles. The summed E-state index contributed by atoms with van der Waals surface area (Å²) in [6, 6.07) is 0. The third kappa shape index (κ3) is 4.82. The molecule has 1 saturated heterocycles. The molecule has 126 valence electrons. The number of hydrogen-bond acceptors (Lipinski definition) is 3. The number of piperazine rings is 1. The van der Waals surface area contributed by atoms with Gasteiger partial charge in [-0.3, -0.25) is 9.58 Å². The molecule has 4 nitrogen and oxygen atoms in total. The maximum atomic E-state index is 4.50. The second-order valence-corrected chi connectivity index (χ2v) is 8.60. The Balaban J connectivity index is 1.71. The van der Waals surface area contributed by atoms with Crippen molar-refractivity contribution in [2.75, 3.05) is 32.7 Å². The summed E-state index contributed by atoms with van der Waals surface area (Å²) in [6.45, 7) is 20.6. The van der Waals surface area contributed by atoms with Gasteiger partial charge in [0.15, 0.2) is 0 Å². The molecule has 1 aromatic heterocycles. The van der Waals surface area contributed by atoms with Gasteiger partial charge >= 0.3 is 0 Å². The largest absolute Gasteiger partial charge is 0.301 e. The van der Waals surface area contributed by atoms with E-state index in [1.807, 2.05) is 6.20 Å². The van der Waals surface area contributed by atoms with Crippen LogP contribution in [-0.4, -0.2) is 57.8 Å². The summed E-state index contributed by atoms with van der Waals surface area (Å²) in [5, 5.41) is 4.50. The van der Waals surface area contributed by atoms with Gasteiger partial charge in [0.1, 0.15) is 0 Å². The summed E-state index contributed by atoms with van der Waals surface area (Å²) >= 11 is 0. The highest BCUT2D eigenvalue weighted by atomic mass is 15.3. The summed E-state index contributed by atoms with van der Waals surface area (Å²) in [6.07, 6.45) is 5.40. The third-order valence-corrected chi connectivity index (χ3v) is 4.68. The highest BCUT2D eigenvalue weighted by Gasteiger charge is 2.25. The molecule has 0 saturated carbocycles. The van der Waals surface area contributed by atoms with E-state index < -0.39 is 0 Å².